The summed E-state index contributed by atoms with van der Waals surface area (Å²) in [6.45, 7) is 3.27. The monoisotopic (exact) mass is 280 g/mol. The molecular weight excluding hydrogens is 260 g/mol. The molecule has 1 aromatic rings. The average Bonchev–Trinajstić information content (AvgIpc) is 2.45. The summed E-state index contributed by atoms with van der Waals surface area (Å²) < 4.78 is 16.6. The van der Waals surface area contributed by atoms with Gasteiger partial charge >= 0.3 is 5.97 Å². The molecule has 1 aromatic carbocycles. The largest absolute Gasteiger partial charge is 0.490 e. The highest BCUT2D eigenvalue weighted by molar-refractivity contribution is 5.91. The first-order valence-electron chi connectivity index (χ1n) is 6.87. The van der Waals surface area contributed by atoms with Crippen molar-refractivity contribution in [1.82, 2.24) is 0 Å². The summed E-state index contributed by atoms with van der Waals surface area (Å²) in [6, 6.07) is 5.07. The van der Waals surface area contributed by atoms with Gasteiger partial charge in [-0.1, -0.05) is 12.1 Å². The zero-order chi connectivity index (χ0) is 14.4. The van der Waals surface area contributed by atoms with Crippen LogP contribution in [-0.2, 0) is 9.47 Å². The summed E-state index contributed by atoms with van der Waals surface area (Å²) in [5, 5.41) is 9.12. The van der Waals surface area contributed by atoms with Crippen LogP contribution in [0.2, 0.25) is 0 Å². The van der Waals surface area contributed by atoms with Crippen LogP contribution in [-0.4, -0.2) is 37.2 Å². The van der Waals surface area contributed by atoms with Crippen LogP contribution in [0.4, 0.5) is 0 Å². The number of aryl methyl sites for hydroxylation is 1. The Morgan fingerprint density at radius 3 is 2.95 bits per heavy atom. The van der Waals surface area contributed by atoms with E-state index < -0.39 is 5.97 Å². The molecule has 1 N–H and O–H groups in total. The maximum absolute atomic E-state index is 11.1. The van der Waals surface area contributed by atoms with E-state index in [4.69, 9.17) is 19.3 Å². The van der Waals surface area contributed by atoms with Gasteiger partial charge in [-0.3, -0.25) is 0 Å². The fourth-order valence-corrected chi connectivity index (χ4v) is 2.18. The summed E-state index contributed by atoms with van der Waals surface area (Å²) in [6.07, 6.45) is 2.96. The molecule has 0 bridgehead atoms. The van der Waals surface area contributed by atoms with Crippen LogP contribution in [0.25, 0.3) is 0 Å². The highest BCUT2D eigenvalue weighted by atomic mass is 16.7. The van der Waals surface area contributed by atoms with Crippen LogP contribution in [0.15, 0.2) is 18.2 Å². The van der Waals surface area contributed by atoms with Crippen molar-refractivity contribution >= 4 is 5.97 Å². The number of carboxylic acids is 1. The number of carbonyl (C=O) groups is 1. The molecule has 5 heteroatoms. The second-order valence-electron chi connectivity index (χ2n) is 4.77. The summed E-state index contributed by atoms with van der Waals surface area (Å²) in [5.41, 5.74) is 0.984. The zero-order valence-electron chi connectivity index (χ0n) is 11.6. The summed E-state index contributed by atoms with van der Waals surface area (Å²) >= 11 is 0. The first-order chi connectivity index (χ1) is 9.68. The van der Waals surface area contributed by atoms with E-state index in [-0.39, 0.29) is 11.9 Å². The molecule has 1 heterocycles. The summed E-state index contributed by atoms with van der Waals surface area (Å²) in [7, 11) is 0. The predicted molar refractivity (Wildman–Crippen MR) is 73.2 cm³/mol. The van der Waals surface area contributed by atoms with Crippen molar-refractivity contribution in [3.8, 4) is 5.75 Å². The quantitative estimate of drug-likeness (QED) is 0.811. The molecule has 0 saturated carbocycles. The summed E-state index contributed by atoms with van der Waals surface area (Å²) in [5.74, 6) is -0.576. The van der Waals surface area contributed by atoms with Crippen molar-refractivity contribution in [1.29, 1.82) is 0 Å². The molecule has 0 amide bonds. The van der Waals surface area contributed by atoms with E-state index in [9.17, 15) is 4.79 Å². The predicted octanol–water partition coefficient (Wildman–Crippen LogP) is 2.62. The molecule has 1 unspecified atom stereocenters. The van der Waals surface area contributed by atoms with Crippen molar-refractivity contribution in [3.63, 3.8) is 0 Å². The van der Waals surface area contributed by atoms with Gasteiger partial charge in [-0.2, -0.15) is 0 Å². The standard InChI is InChI=1S/C15H20O5/c1-11-5-4-6-12(15(16)17)14(11)20-10-9-19-13-7-2-3-8-18-13/h4-6,13H,2-3,7-10H2,1H3,(H,16,17). The number of rotatable bonds is 6. The highest BCUT2D eigenvalue weighted by Gasteiger charge is 2.15. The molecule has 0 spiro atoms. The molecule has 2 rings (SSSR count). The molecule has 20 heavy (non-hydrogen) atoms. The van der Waals surface area contributed by atoms with Gasteiger partial charge in [0, 0.05) is 6.61 Å². The average molecular weight is 280 g/mol. The van der Waals surface area contributed by atoms with Crippen LogP contribution >= 0.6 is 0 Å². The lowest BCUT2D eigenvalue weighted by Crippen LogP contribution is -2.24. The number of para-hydroxylation sites is 1. The van der Waals surface area contributed by atoms with E-state index in [1.807, 2.05) is 13.0 Å². The first-order valence-corrected chi connectivity index (χ1v) is 6.87. The van der Waals surface area contributed by atoms with Gasteiger partial charge in [0.1, 0.15) is 17.9 Å². The minimum absolute atomic E-state index is 0.150. The number of ether oxygens (including phenoxy) is 3. The molecule has 1 aliphatic heterocycles. The Labute approximate surface area is 118 Å². The molecule has 1 atom stereocenters. The minimum atomic E-state index is -0.986. The van der Waals surface area contributed by atoms with Gasteiger partial charge in [-0.05, 0) is 37.8 Å². The van der Waals surface area contributed by atoms with Crippen molar-refractivity contribution in [2.45, 2.75) is 32.5 Å². The molecule has 1 aliphatic rings. The summed E-state index contributed by atoms with van der Waals surface area (Å²) in [4.78, 5) is 11.1. The van der Waals surface area contributed by atoms with Crippen LogP contribution in [0, 0.1) is 6.92 Å². The van der Waals surface area contributed by atoms with E-state index in [0.29, 0.717) is 19.0 Å². The number of hydrogen-bond acceptors (Lipinski definition) is 4. The Bertz CT molecular complexity index is 452. The van der Waals surface area contributed by atoms with Gasteiger partial charge in [0.15, 0.2) is 6.29 Å². The molecule has 5 nitrogen and oxygen atoms in total. The number of benzene rings is 1. The SMILES string of the molecule is Cc1cccc(C(=O)O)c1OCCOC1CCCCO1. The lowest BCUT2D eigenvalue weighted by Gasteiger charge is -2.22. The normalized spacial score (nSPS) is 18.8. The van der Waals surface area contributed by atoms with Crippen molar-refractivity contribution in [2.24, 2.45) is 0 Å². The topological polar surface area (TPSA) is 65.0 Å². The van der Waals surface area contributed by atoms with Gasteiger partial charge < -0.3 is 19.3 Å². The van der Waals surface area contributed by atoms with Crippen LogP contribution in [0.1, 0.15) is 35.2 Å². The Morgan fingerprint density at radius 2 is 2.25 bits per heavy atom. The zero-order valence-corrected chi connectivity index (χ0v) is 11.6. The fraction of sp³-hybridized carbons (Fsp3) is 0.533. The maximum atomic E-state index is 11.1. The van der Waals surface area contributed by atoms with Crippen LogP contribution < -0.4 is 4.74 Å². The number of hydrogen-bond donors (Lipinski definition) is 1. The lowest BCUT2D eigenvalue weighted by molar-refractivity contribution is -0.165. The Morgan fingerprint density at radius 1 is 1.40 bits per heavy atom. The molecule has 1 fully saturated rings. The molecule has 0 radical (unpaired) electrons. The lowest BCUT2D eigenvalue weighted by atomic mass is 10.1. The maximum Gasteiger partial charge on any atom is 0.339 e. The third-order valence-corrected chi connectivity index (χ3v) is 3.21. The van der Waals surface area contributed by atoms with Gasteiger partial charge in [-0.15, -0.1) is 0 Å². The van der Waals surface area contributed by atoms with Gasteiger partial charge in [0.2, 0.25) is 0 Å². The van der Waals surface area contributed by atoms with Gasteiger partial charge in [0.05, 0.1) is 6.61 Å². The number of carboxylic acid groups (broad SMARTS) is 1. The Kier molecular flexibility index (Phi) is 5.38. The van der Waals surface area contributed by atoms with E-state index in [2.05, 4.69) is 0 Å². The Balaban J connectivity index is 1.83. The second-order valence-corrected chi connectivity index (χ2v) is 4.77. The van der Waals surface area contributed by atoms with Gasteiger partial charge in [0.25, 0.3) is 0 Å². The van der Waals surface area contributed by atoms with E-state index in [1.165, 1.54) is 6.07 Å². The highest BCUT2D eigenvalue weighted by Crippen LogP contribution is 2.23. The fourth-order valence-electron chi connectivity index (χ4n) is 2.18. The van der Waals surface area contributed by atoms with Crippen LogP contribution in [0.5, 0.6) is 5.75 Å². The molecule has 0 aliphatic carbocycles. The first kappa shape index (κ1) is 14.8. The molecule has 1 saturated heterocycles. The van der Waals surface area contributed by atoms with Crippen LogP contribution in [0.3, 0.4) is 0 Å². The molecule has 0 aromatic heterocycles. The second kappa shape index (κ2) is 7.26. The Hall–Kier alpha value is -1.59. The van der Waals surface area contributed by atoms with Crippen molar-refractivity contribution < 1.29 is 24.1 Å². The van der Waals surface area contributed by atoms with Crippen molar-refractivity contribution in [3.05, 3.63) is 29.3 Å². The third-order valence-electron chi connectivity index (χ3n) is 3.21. The van der Waals surface area contributed by atoms with E-state index in [0.717, 1.165) is 31.4 Å². The van der Waals surface area contributed by atoms with Crippen molar-refractivity contribution in [2.75, 3.05) is 19.8 Å². The third kappa shape index (κ3) is 3.95. The number of aromatic carboxylic acids is 1. The molecule has 110 valence electrons. The van der Waals surface area contributed by atoms with E-state index in [1.54, 1.807) is 6.07 Å². The van der Waals surface area contributed by atoms with E-state index >= 15 is 0 Å². The minimum Gasteiger partial charge on any atom is -0.490 e. The smallest absolute Gasteiger partial charge is 0.339 e. The molecular formula is C15H20O5. The van der Waals surface area contributed by atoms with Gasteiger partial charge in [-0.25, -0.2) is 4.79 Å².